The number of nitrogens with zero attached hydrogens (tertiary/aromatic N) is 3. The number of halogens is 1. The van der Waals surface area contributed by atoms with Gasteiger partial charge in [-0.2, -0.15) is 5.10 Å². The second-order valence-electron chi connectivity index (χ2n) is 5.99. The zero-order valence-electron chi connectivity index (χ0n) is 14.6. The Morgan fingerprint density at radius 3 is 2.76 bits per heavy atom. The third-order valence-corrected chi connectivity index (χ3v) is 5.12. The molecule has 2 heterocycles. The highest BCUT2D eigenvalue weighted by atomic mass is 35.5. The summed E-state index contributed by atoms with van der Waals surface area (Å²) in [6.07, 6.45) is 3.30. The van der Waals surface area contributed by atoms with E-state index in [2.05, 4.69) is 20.5 Å². The minimum Gasteiger partial charge on any atom is -0.341 e. The van der Waals surface area contributed by atoms with Crippen molar-refractivity contribution in [2.45, 2.75) is 0 Å². The summed E-state index contributed by atoms with van der Waals surface area (Å²) in [5, 5.41) is 22.8. The number of hydrogen-bond donors (Lipinski definition) is 2. The zero-order chi connectivity index (χ0) is 20.4. The number of non-ortho nitro benzene ring substituents is 1. The molecule has 0 fully saturated rings. The maximum Gasteiger partial charge on any atom is 0.306 e. The van der Waals surface area contributed by atoms with Crippen LogP contribution >= 0.6 is 22.9 Å². The number of anilines is 2. The molecule has 3 aromatic rings. The third-order valence-electron chi connectivity index (χ3n) is 4.03. The summed E-state index contributed by atoms with van der Waals surface area (Å²) < 4.78 is 0. The summed E-state index contributed by atoms with van der Waals surface area (Å²) in [7, 11) is 0. The van der Waals surface area contributed by atoms with Gasteiger partial charge in [-0.05, 0) is 30.3 Å². The Kier molecular flexibility index (Phi) is 5.07. The number of aromatic nitrogens is 1. The predicted molar refractivity (Wildman–Crippen MR) is 116 cm³/mol. The van der Waals surface area contributed by atoms with Gasteiger partial charge in [0.15, 0.2) is 0 Å². The van der Waals surface area contributed by atoms with Crippen molar-refractivity contribution in [1.82, 2.24) is 4.98 Å². The highest BCUT2D eigenvalue weighted by Crippen LogP contribution is 2.26. The van der Waals surface area contributed by atoms with Crippen LogP contribution in [0.5, 0.6) is 0 Å². The monoisotopic (exact) mass is 425 g/mol. The number of nitro groups is 1. The summed E-state index contributed by atoms with van der Waals surface area (Å²) in [4.78, 5) is 25.7. The fourth-order valence-corrected chi connectivity index (χ4v) is 3.59. The Hall–Kier alpha value is -3.56. The van der Waals surface area contributed by atoms with Gasteiger partial charge in [0.25, 0.3) is 5.69 Å². The van der Waals surface area contributed by atoms with Crippen molar-refractivity contribution in [3.05, 3.63) is 89.3 Å². The van der Waals surface area contributed by atoms with E-state index in [9.17, 15) is 14.9 Å². The number of benzene rings is 2. The lowest BCUT2D eigenvalue weighted by Crippen LogP contribution is -2.03. The maximum absolute atomic E-state index is 11.9. The summed E-state index contributed by atoms with van der Waals surface area (Å²) in [5.74, 6) is 0.522. The summed E-state index contributed by atoms with van der Waals surface area (Å²) in [6.45, 7) is 0. The summed E-state index contributed by atoms with van der Waals surface area (Å²) in [6, 6.07) is 13.2. The third kappa shape index (κ3) is 4.15. The van der Waals surface area contributed by atoms with Crippen LogP contribution < -0.4 is 10.2 Å². The fraction of sp³-hybridized carbons (Fsp3) is 0. The molecule has 0 aliphatic carbocycles. The van der Waals surface area contributed by atoms with Gasteiger partial charge in [-0.25, -0.2) is 0 Å². The van der Waals surface area contributed by atoms with Crippen molar-refractivity contribution < 1.29 is 4.92 Å². The normalized spacial score (nSPS) is 14.2. The number of H-pyrrole nitrogens is 1. The standard InChI is InChI=1S/C19H12ClN5O3S/c20-13-4-6-14(7-5-13)22-18-16(29-19(26)23-18)9-12-10-21-24-17(12)11-2-1-3-15(8-11)25(27)28/h1-10,22H,(H,23,26)/b12-9+. The number of thiazole rings is 1. The minimum absolute atomic E-state index is 0.0344. The van der Waals surface area contributed by atoms with Gasteiger partial charge in [0.2, 0.25) is 0 Å². The smallest absolute Gasteiger partial charge is 0.306 e. The molecular formula is C19H12ClN5O3S. The van der Waals surface area contributed by atoms with Crippen LogP contribution in [0.1, 0.15) is 10.4 Å². The van der Waals surface area contributed by atoms with Crippen molar-refractivity contribution in [2.24, 2.45) is 10.2 Å². The Balaban J connectivity index is 1.67. The van der Waals surface area contributed by atoms with Crippen molar-refractivity contribution in [2.75, 3.05) is 5.32 Å². The molecule has 0 unspecified atom stereocenters. The van der Waals surface area contributed by atoms with E-state index in [4.69, 9.17) is 11.6 Å². The van der Waals surface area contributed by atoms with Crippen molar-refractivity contribution >= 4 is 58.1 Å². The van der Waals surface area contributed by atoms with Gasteiger partial charge in [-0.1, -0.05) is 35.1 Å². The predicted octanol–water partition coefficient (Wildman–Crippen LogP) is 4.61. The van der Waals surface area contributed by atoms with E-state index in [1.165, 1.54) is 12.1 Å². The topological polar surface area (TPSA) is 113 Å². The number of nitrogens with one attached hydrogen (secondary N) is 2. The molecule has 8 nitrogen and oxygen atoms in total. The molecule has 0 saturated carbocycles. The molecule has 0 spiro atoms. The Morgan fingerprint density at radius 2 is 2.00 bits per heavy atom. The molecular weight excluding hydrogens is 414 g/mol. The second kappa shape index (κ2) is 7.82. The van der Waals surface area contributed by atoms with E-state index in [0.29, 0.717) is 32.6 Å². The molecule has 0 atom stereocenters. The highest BCUT2D eigenvalue weighted by Gasteiger charge is 2.18. The molecule has 1 aromatic heterocycles. The SMILES string of the molecule is O=c1[nH]c(Nc2ccc(Cl)cc2)c(/C=C2\C=NN=C2c2cccc([N+](=O)[O-])c2)s1. The van der Waals surface area contributed by atoms with Crippen molar-refractivity contribution in [3.8, 4) is 0 Å². The molecule has 0 amide bonds. The van der Waals surface area contributed by atoms with E-state index in [0.717, 1.165) is 17.0 Å². The van der Waals surface area contributed by atoms with Gasteiger partial charge in [-0.3, -0.25) is 19.9 Å². The molecule has 0 saturated heterocycles. The van der Waals surface area contributed by atoms with Gasteiger partial charge in [-0.15, -0.1) is 5.10 Å². The molecule has 2 aromatic carbocycles. The van der Waals surface area contributed by atoms with E-state index in [-0.39, 0.29) is 10.6 Å². The average Bonchev–Trinajstić information content (AvgIpc) is 3.30. The first-order chi connectivity index (χ1) is 14.0. The molecule has 4 rings (SSSR count). The number of hydrogen-bond acceptors (Lipinski definition) is 7. The molecule has 144 valence electrons. The highest BCUT2D eigenvalue weighted by molar-refractivity contribution is 7.10. The van der Waals surface area contributed by atoms with Gasteiger partial charge < -0.3 is 5.32 Å². The lowest BCUT2D eigenvalue weighted by Gasteiger charge is -2.06. The van der Waals surface area contributed by atoms with Gasteiger partial charge in [0.1, 0.15) is 11.5 Å². The van der Waals surface area contributed by atoms with Gasteiger partial charge in [0.05, 0.1) is 16.0 Å². The molecule has 29 heavy (non-hydrogen) atoms. The lowest BCUT2D eigenvalue weighted by molar-refractivity contribution is -0.384. The Morgan fingerprint density at radius 1 is 1.21 bits per heavy atom. The number of allylic oxidation sites excluding steroid dienone is 1. The molecule has 0 bridgehead atoms. The van der Waals surface area contributed by atoms with Crippen LogP contribution in [-0.4, -0.2) is 21.8 Å². The lowest BCUT2D eigenvalue weighted by atomic mass is 10.0. The van der Waals surface area contributed by atoms with E-state index < -0.39 is 4.92 Å². The zero-order valence-corrected chi connectivity index (χ0v) is 16.2. The Bertz CT molecular complexity index is 1240. The van der Waals surface area contributed by atoms with E-state index >= 15 is 0 Å². The van der Waals surface area contributed by atoms with E-state index in [1.807, 2.05) is 0 Å². The van der Waals surface area contributed by atoms with Crippen LogP contribution in [0.25, 0.3) is 6.08 Å². The quantitative estimate of drug-likeness (QED) is 0.458. The summed E-state index contributed by atoms with van der Waals surface area (Å²) >= 11 is 6.93. The molecule has 10 heteroatoms. The number of aromatic amines is 1. The first kappa shape index (κ1) is 18.8. The molecule has 1 aliphatic rings. The molecule has 1 aliphatic heterocycles. The van der Waals surface area contributed by atoms with Crippen LogP contribution in [0.15, 0.2) is 69.1 Å². The summed E-state index contributed by atoms with van der Waals surface area (Å²) in [5.41, 5.74) is 2.42. The first-order valence-electron chi connectivity index (χ1n) is 8.33. The van der Waals surface area contributed by atoms with Crippen LogP contribution in [0, 0.1) is 10.1 Å². The minimum atomic E-state index is -0.463. The fourth-order valence-electron chi connectivity index (χ4n) is 2.72. The largest absolute Gasteiger partial charge is 0.341 e. The van der Waals surface area contributed by atoms with Crippen molar-refractivity contribution in [1.29, 1.82) is 0 Å². The average molecular weight is 426 g/mol. The van der Waals surface area contributed by atoms with Crippen LogP contribution in [0.3, 0.4) is 0 Å². The molecule has 2 N–H and O–H groups in total. The van der Waals surface area contributed by atoms with Crippen LogP contribution in [0.2, 0.25) is 5.02 Å². The Labute approximate surface area is 173 Å². The number of rotatable bonds is 5. The van der Waals surface area contributed by atoms with E-state index in [1.54, 1.807) is 48.7 Å². The van der Waals surface area contributed by atoms with Crippen molar-refractivity contribution in [3.63, 3.8) is 0 Å². The second-order valence-corrected chi connectivity index (χ2v) is 7.44. The van der Waals surface area contributed by atoms with Crippen LogP contribution in [0.4, 0.5) is 17.2 Å². The van der Waals surface area contributed by atoms with Crippen LogP contribution in [-0.2, 0) is 0 Å². The van der Waals surface area contributed by atoms with Gasteiger partial charge in [0, 0.05) is 34.0 Å². The maximum atomic E-state index is 11.9. The van der Waals surface area contributed by atoms with Gasteiger partial charge >= 0.3 is 4.87 Å². The first-order valence-corrected chi connectivity index (χ1v) is 9.53. The molecule has 0 radical (unpaired) electrons. The number of nitro benzene ring substituents is 1.